The highest BCUT2D eigenvalue weighted by atomic mass is 127. The van der Waals surface area contributed by atoms with E-state index in [4.69, 9.17) is 0 Å². The molecule has 1 nitrogen and oxygen atoms in total. The zero-order valence-electron chi connectivity index (χ0n) is 6.75. The first-order valence-electron chi connectivity index (χ1n) is 3.44. The van der Waals surface area contributed by atoms with Crippen LogP contribution in [0.25, 0.3) is 0 Å². The molecule has 1 rings (SSSR count). The van der Waals surface area contributed by atoms with Crippen LogP contribution in [0.3, 0.4) is 0 Å². The lowest BCUT2D eigenvalue weighted by molar-refractivity contribution is -0.138. The van der Waals surface area contributed by atoms with E-state index in [1.54, 1.807) is 0 Å². The van der Waals surface area contributed by atoms with Crippen molar-refractivity contribution in [1.82, 2.24) is 4.98 Å². The van der Waals surface area contributed by atoms with Crippen molar-refractivity contribution in [2.75, 3.05) is 0 Å². The van der Waals surface area contributed by atoms with E-state index in [0.29, 0.717) is 6.07 Å². The van der Waals surface area contributed by atoms with E-state index in [-0.39, 0.29) is 4.47 Å². The lowest BCUT2D eigenvalue weighted by Gasteiger charge is -2.11. The molecule has 0 aliphatic carbocycles. The Kier molecular flexibility index (Phi) is 3.90. The van der Waals surface area contributed by atoms with E-state index >= 15 is 0 Å². The van der Waals surface area contributed by atoms with Gasteiger partial charge in [-0.3, -0.25) is 0 Å². The van der Waals surface area contributed by atoms with Crippen molar-refractivity contribution >= 4 is 38.5 Å². The Labute approximate surface area is 103 Å². The van der Waals surface area contributed by atoms with Gasteiger partial charge in [0.15, 0.2) is 0 Å². The summed E-state index contributed by atoms with van der Waals surface area (Å²) in [5.41, 5.74) is -1.72. The van der Waals surface area contributed by atoms with Crippen LogP contribution in [0.5, 0.6) is 0 Å². The van der Waals surface area contributed by atoms with Gasteiger partial charge in [-0.2, -0.15) is 13.2 Å². The number of rotatable bonds is 1. The molecule has 0 saturated heterocycles. The zero-order valence-corrected chi connectivity index (χ0v) is 10.5. The normalized spacial score (nSPS) is 12.3. The summed E-state index contributed by atoms with van der Waals surface area (Å²) in [5.74, 6) is 0. The molecule has 0 radical (unpaired) electrons. The van der Waals surface area contributed by atoms with E-state index in [9.17, 15) is 22.0 Å². The number of halogens is 7. The summed E-state index contributed by atoms with van der Waals surface area (Å²) in [4.78, 5) is 3.21. The van der Waals surface area contributed by atoms with E-state index < -0.39 is 27.6 Å². The Morgan fingerprint density at radius 1 is 1.33 bits per heavy atom. The Bertz CT molecular complexity index is 378. The Morgan fingerprint density at radius 2 is 1.87 bits per heavy atom. The number of hydrogen-bond acceptors (Lipinski definition) is 1. The molecular weight excluding hydrogens is 400 g/mol. The highest BCUT2D eigenvalue weighted by molar-refractivity contribution is 14.1. The lowest BCUT2D eigenvalue weighted by Crippen LogP contribution is -2.10. The Hall–Kier alpha value is 0.01000. The quantitative estimate of drug-likeness (QED) is 0.386. The molecule has 0 fully saturated rings. The standard InChI is InChI=1S/C7H2BrF5IN/c8-3-1-2(7(11,12)13)6(14)15-4(3)5(9)10/h1,5H. The van der Waals surface area contributed by atoms with Gasteiger partial charge < -0.3 is 0 Å². The van der Waals surface area contributed by atoms with E-state index in [2.05, 4.69) is 20.9 Å². The summed E-state index contributed by atoms with van der Waals surface area (Å²) < 4.78 is 60.6. The summed E-state index contributed by atoms with van der Waals surface area (Å²) in [5, 5.41) is 0. The number of pyridine rings is 1. The number of aromatic nitrogens is 1. The minimum atomic E-state index is -4.59. The average Bonchev–Trinajstić information content (AvgIpc) is 2.06. The van der Waals surface area contributed by atoms with Gasteiger partial charge in [0.2, 0.25) is 0 Å². The van der Waals surface area contributed by atoms with Crippen molar-refractivity contribution in [1.29, 1.82) is 0 Å². The van der Waals surface area contributed by atoms with Gasteiger partial charge in [-0.25, -0.2) is 13.8 Å². The molecule has 8 heteroatoms. The molecule has 0 aromatic carbocycles. The maximum absolute atomic E-state index is 12.3. The van der Waals surface area contributed by atoms with Crippen molar-refractivity contribution in [3.8, 4) is 0 Å². The molecule has 1 heterocycles. The van der Waals surface area contributed by atoms with Gasteiger partial charge in [0.25, 0.3) is 6.43 Å². The summed E-state index contributed by atoms with van der Waals surface area (Å²) in [6, 6.07) is 0.607. The van der Waals surface area contributed by atoms with Crippen LogP contribution in [0.4, 0.5) is 22.0 Å². The van der Waals surface area contributed by atoms with Crippen LogP contribution in [-0.2, 0) is 6.18 Å². The summed E-state index contributed by atoms with van der Waals surface area (Å²) in [6.07, 6.45) is -7.50. The van der Waals surface area contributed by atoms with Crippen LogP contribution >= 0.6 is 38.5 Å². The molecule has 0 amide bonds. The van der Waals surface area contributed by atoms with Crippen LogP contribution < -0.4 is 0 Å². The van der Waals surface area contributed by atoms with Crippen molar-refractivity contribution in [2.45, 2.75) is 12.6 Å². The smallest absolute Gasteiger partial charge is 0.239 e. The topological polar surface area (TPSA) is 12.9 Å². The van der Waals surface area contributed by atoms with Crippen molar-refractivity contribution < 1.29 is 22.0 Å². The van der Waals surface area contributed by atoms with Gasteiger partial charge in [0.1, 0.15) is 9.39 Å². The number of alkyl halides is 5. The van der Waals surface area contributed by atoms with E-state index in [1.807, 2.05) is 0 Å². The third-order valence-electron chi connectivity index (χ3n) is 1.47. The van der Waals surface area contributed by atoms with Gasteiger partial charge in [0.05, 0.1) is 5.56 Å². The maximum Gasteiger partial charge on any atom is 0.418 e. The summed E-state index contributed by atoms with van der Waals surface area (Å²) in [6.45, 7) is 0. The molecule has 0 aliphatic heterocycles. The van der Waals surface area contributed by atoms with Crippen LogP contribution in [0, 0.1) is 3.70 Å². The average molecular weight is 402 g/mol. The van der Waals surface area contributed by atoms with Crippen molar-refractivity contribution in [3.05, 3.63) is 25.5 Å². The fourth-order valence-corrected chi connectivity index (χ4v) is 2.04. The Balaban J connectivity index is 3.32. The van der Waals surface area contributed by atoms with Gasteiger partial charge in [0, 0.05) is 4.47 Å². The molecule has 0 bridgehead atoms. The second kappa shape index (κ2) is 4.48. The molecule has 0 N–H and O–H groups in total. The first kappa shape index (κ1) is 13.1. The SMILES string of the molecule is FC(F)c1nc(I)c(C(F)(F)F)cc1Br. The highest BCUT2D eigenvalue weighted by Gasteiger charge is 2.35. The predicted octanol–water partition coefficient (Wildman–Crippen LogP) is 4.41. The van der Waals surface area contributed by atoms with Crippen LogP contribution in [0.1, 0.15) is 17.7 Å². The minimum Gasteiger partial charge on any atom is -0.239 e. The van der Waals surface area contributed by atoms with Crippen molar-refractivity contribution in [2.24, 2.45) is 0 Å². The third-order valence-corrected chi connectivity index (χ3v) is 2.93. The summed E-state index contributed by atoms with van der Waals surface area (Å²) >= 11 is 3.90. The summed E-state index contributed by atoms with van der Waals surface area (Å²) in [7, 11) is 0. The molecule has 0 atom stereocenters. The van der Waals surface area contributed by atoms with Crippen LogP contribution in [0.15, 0.2) is 10.5 Å². The zero-order chi connectivity index (χ0) is 11.8. The van der Waals surface area contributed by atoms with Gasteiger partial charge in [-0.15, -0.1) is 0 Å². The maximum atomic E-state index is 12.3. The highest BCUT2D eigenvalue weighted by Crippen LogP contribution is 2.36. The van der Waals surface area contributed by atoms with Gasteiger partial charge in [-0.05, 0) is 44.6 Å². The minimum absolute atomic E-state index is 0.342. The molecule has 84 valence electrons. The van der Waals surface area contributed by atoms with Crippen LogP contribution in [-0.4, -0.2) is 4.98 Å². The molecule has 0 saturated carbocycles. The largest absolute Gasteiger partial charge is 0.418 e. The van der Waals surface area contributed by atoms with E-state index in [0.717, 1.165) is 0 Å². The predicted molar refractivity (Wildman–Crippen MR) is 54.6 cm³/mol. The second-order valence-electron chi connectivity index (χ2n) is 2.49. The molecule has 1 aromatic heterocycles. The first-order chi connectivity index (χ1) is 6.73. The fourth-order valence-electron chi connectivity index (χ4n) is 0.831. The lowest BCUT2D eigenvalue weighted by atomic mass is 10.2. The van der Waals surface area contributed by atoms with Gasteiger partial charge >= 0.3 is 6.18 Å². The molecule has 0 unspecified atom stereocenters. The third kappa shape index (κ3) is 2.99. The molecule has 15 heavy (non-hydrogen) atoms. The molecular formula is C7H2BrF5IN. The van der Waals surface area contributed by atoms with Gasteiger partial charge in [-0.1, -0.05) is 0 Å². The molecule has 0 spiro atoms. The molecule has 0 aliphatic rings. The first-order valence-corrected chi connectivity index (χ1v) is 5.32. The fraction of sp³-hybridized carbons (Fsp3) is 0.286. The molecule has 1 aromatic rings. The van der Waals surface area contributed by atoms with E-state index in [1.165, 1.54) is 22.6 Å². The number of nitrogens with zero attached hydrogens (tertiary/aromatic N) is 1. The van der Waals surface area contributed by atoms with Crippen molar-refractivity contribution in [3.63, 3.8) is 0 Å². The monoisotopic (exact) mass is 401 g/mol. The number of hydrogen-bond donors (Lipinski definition) is 0. The second-order valence-corrected chi connectivity index (χ2v) is 4.37. The Morgan fingerprint density at radius 3 is 2.27 bits per heavy atom. The van der Waals surface area contributed by atoms with Crippen LogP contribution in [0.2, 0.25) is 0 Å².